The van der Waals surface area contributed by atoms with Gasteiger partial charge in [0.1, 0.15) is 11.5 Å². The third kappa shape index (κ3) is 1.76. The highest BCUT2D eigenvalue weighted by molar-refractivity contribution is 5.75. The summed E-state index contributed by atoms with van der Waals surface area (Å²) in [6, 6.07) is 2.69. The van der Waals surface area contributed by atoms with E-state index in [2.05, 4.69) is 0 Å². The molecule has 1 aromatic rings. The number of anilines is 1. The van der Waals surface area contributed by atoms with Crippen LogP contribution in [0.25, 0.3) is 0 Å². The van der Waals surface area contributed by atoms with Gasteiger partial charge in [-0.2, -0.15) is 0 Å². The summed E-state index contributed by atoms with van der Waals surface area (Å²) in [6.07, 6.45) is -1.25. The molecule has 10 nitrogen and oxygen atoms in total. The van der Waals surface area contributed by atoms with Gasteiger partial charge in [0.15, 0.2) is 29.1 Å². The summed E-state index contributed by atoms with van der Waals surface area (Å²) in [7, 11) is 1.32. The topological polar surface area (TPSA) is 163 Å². The molecule has 1 spiro atoms. The minimum Gasteiger partial charge on any atom is -0.507 e. The molecule has 0 aromatic heterocycles. The zero-order valence-corrected chi connectivity index (χ0v) is 14.4. The molecule has 1 aliphatic carbocycles. The fraction of sp³-hybridized carbons (Fsp3) is 0.412. The molecule has 3 unspecified atom stereocenters. The Balaban J connectivity index is 2.21. The third-order valence-electron chi connectivity index (χ3n) is 5.49. The second-order valence-corrected chi connectivity index (χ2v) is 6.92. The molecule has 3 aliphatic rings. The van der Waals surface area contributed by atoms with E-state index in [9.17, 15) is 35.8 Å². The van der Waals surface area contributed by atoms with Crippen LogP contribution in [-0.2, 0) is 5.41 Å². The Labute approximate surface area is 153 Å². The van der Waals surface area contributed by atoms with Crippen molar-refractivity contribution < 1.29 is 45.3 Å². The number of ether oxygens (including phenoxy) is 2. The molecule has 0 bridgehead atoms. The lowest BCUT2D eigenvalue weighted by molar-refractivity contribution is -0.245. The van der Waals surface area contributed by atoms with Gasteiger partial charge < -0.3 is 40.1 Å². The number of aliphatic hydroxyl groups excluding tert-OH is 4. The number of rotatable bonds is 1. The first kappa shape index (κ1) is 17.9. The van der Waals surface area contributed by atoms with Gasteiger partial charge >= 0.3 is 0 Å². The monoisotopic (exact) mass is 381 g/mol. The van der Waals surface area contributed by atoms with Crippen molar-refractivity contribution in [2.24, 2.45) is 0 Å². The first-order valence-corrected chi connectivity index (χ1v) is 8.07. The molecule has 7 N–H and O–H groups in total. The quantitative estimate of drug-likeness (QED) is 0.317. The summed E-state index contributed by atoms with van der Waals surface area (Å²) in [5.41, 5.74) is -4.82. The highest BCUT2D eigenvalue weighted by Gasteiger charge is 2.71. The van der Waals surface area contributed by atoms with Crippen LogP contribution in [0.2, 0.25) is 0 Å². The van der Waals surface area contributed by atoms with Crippen molar-refractivity contribution in [3.63, 3.8) is 0 Å². The van der Waals surface area contributed by atoms with E-state index < -0.39 is 40.7 Å². The number of hydrogen-bond donors (Lipinski definition) is 7. The third-order valence-corrected chi connectivity index (χ3v) is 5.49. The lowest BCUT2D eigenvalue weighted by atomic mass is 9.66. The maximum Gasteiger partial charge on any atom is 0.258 e. The van der Waals surface area contributed by atoms with Crippen molar-refractivity contribution >= 4 is 5.69 Å². The van der Waals surface area contributed by atoms with Gasteiger partial charge in [0, 0.05) is 5.56 Å². The van der Waals surface area contributed by atoms with Crippen molar-refractivity contribution in [1.82, 2.24) is 0 Å². The zero-order valence-electron chi connectivity index (χ0n) is 14.4. The summed E-state index contributed by atoms with van der Waals surface area (Å²) in [5, 5.41) is 74.5. The minimum absolute atomic E-state index is 0.0733. The highest BCUT2D eigenvalue weighted by atomic mass is 16.7. The number of methoxy groups -OCH3 is 1. The Morgan fingerprint density at radius 1 is 1.15 bits per heavy atom. The van der Waals surface area contributed by atoms with Gasteiger partial charge in [0.2, 0.25) is 5.72 Å². The summed E-state index contributed by atoms with van der Waals surface area (Å²) < 4.78 is 10.8. The summed E-state index contributed by atoms with van der Waals surface area (Å²) in [4.78, 5) is 0. The van der Waals surface area contributed by atoms with Gasteiger partial charge in [0.25, 0.3) is 5.79 Å². The molecule has 0 amide bonds. The second-order valence-electron chi connectivity index (χ2n) is 6.92. The number of benzene rings is 1. The molecule has 0 saturated heterocycles. The van der Waals surface area contributed by atoms with Crippen LogP contribution in [-0.4, -0.2) is 66.7 Å². The van der Waals surface area contributed by atoms with E-state index in [-0.39, 0.29) is 22.7 Å². The fourth-order valence-corrected chi connectivity index (χ4v) is 3.98. The zero-order chi connectivity index (χ0) is 19.9. The molecule has 5 atom stereocenters. The first-order chi connectivity index (χ1) is 12.5. The predicted octanol–water partition coefficient (Wildman–Crippen LogP) is -0.449. The maximum absolute atomic E-state index is 11.2. The van der Waals surface area contributed by atoms with Crippen LogP contribution in [0.1, 0.15) is 12.5 Å². The second kappa shape index (κ2) is 5.06. The molecule has 4 rings (SSSR count). The van der Waals surface area contributed by atoms with Gasteiger partial charge in [-0.3, -0.25) is 5.21 Å². The SMILES string of the molecule is COc1ccc2c3c1O[C@]1(O)C(O)[C@H](O)C=CC31C(O)=C(O)C(C)(O)N2O. The van der Waals surface area contributed by atoms with E-state index in [1.807, 2.05) is 0 Å². The van der Waals surface area contributed by atoms with Crippen molar-refractivity contribution in [3.8, 4) is 11.5 Å². The molecule has 27 heavy (non-hydrogen) atoms. The Morgan fingerprint density at radius 3 is 2.44 bits per heavy atom. The standard InChI is InChI=1S/C17H19NO9/c1-15(23)13(21)14(22)16-6-5-8(19)12(20)17(16,24)27-11-9(26-2)4-3-7(10(11)16)18(15)25/h3-6,8,12,19-25H,1-2H3/t8-,12?,15?,16?,17-/m1/s1. The van der Waals surface area contributed by atoms with E-state index >= 15 is 0 Å². The largest absolute Gasteiger partial charge is 0.507 e. The van der Waals surface area contributed by atoms with Crippen LogP contribution in [0.5, 0.6) is 11.5 Å². The van der Waals surface area contributed by atoms with Crippen LogP contribution in [0, 0.1) is 0 Å². The summed E-state index contributed by atoms with van der Waals surface area (Å²) in [5.74, 6) is -4.78. The van der Waals surface area contributed by atoms with Crippen molar-refractivity contribution in [1.29, 1.82) is 0 Å². The predicted molar refractivity (Wildman–Crippen MR) is 88.6 cm³/mol. The van der Waals surface area contributed by atoms with Gasteiger partial charge in [-0.1, -0.05) is 12.2 Å². The molecule has 2 heterocycles. The average Bonchev–Trinajstić information content (AvgIpc) is 2.91. The molecule has 10 heteroatoms. The van der Waals surface area contributed by atoms with Crippen molar-refractivity contribution in [2.45, 2.75) is 36.1 Å². The Bertz CT molecular complexity index is 895. The van der Waals surface area contributed by atoms with E-state index in [0.717, 1.165) is 19.1 Å². The van der Waals surface area contributed by atoms with E-state index in [0.29, 0.717) is 5.06 Å². The van der Waals surface area contributed by atoms with Crippen LogP contribution >= 0.6 is 0 Å². The minimum atomic E-state index is -2.67. The number of nitrogens with zero attached hydrogens (tertiary/aromatic N) is 1. The summed E-state index contributed by atoms with van der Waals surface area (Å²) >= 11 is 0. The van der Waals surface area contributed by atoms with Crippen LogP contribution < -0.4 is 14.5 Å². The van der Waals surface area contributed by atoms with E-state index in [4.69, 9.17) is 9.47 Å². The number of hydrogen-bond acceptors (Lipinski definition) is 10. The Hall–Kier alpha value is -2.50. The van der Waals surface area contributed by atoms with Crippen molar-refractivity contribution in [2.75, 3.05) is 12.2 Å². The first-order valence-electron chi connectivity index (χ1n) is 8.07. The van der Waals surface area contributed by atoms with Gasteiger partial charge in [-0.15, -0.1) is 0 Å². The fourth-order valence-electron chi connectivity index (χ4n) is 3.98. The van der Waals surface area contributed by atoms with E-state index in [1.165, 1.54) is 19.2 Å². The highest BCUT2D eigenvalue weighted by Crippen LogP contribution is 2.63. The Kier molecular flexibility index (Phi) is 3.35. The summed E-state index contributed by atoms with van der Waals surface area (Å²) in [6.45, 7) is 1.02. The maximum atomic E-state index is 11.2. The molecular formula is C17H19NO9. The van der Waals surface area contributed by atoms with Crippen LogP contribution in [0.4, 0.5) is 5.69 Å². The van der Waals surface area contributed by atoms with Crippen molar-refractivity contribution in [3.05, 3.63) is 41.4 Å². The molecule has 0 fully saturated rings. The lowest BCUT2D eigenvalue weighted by Crippen LogP contribution is -2.65. The molecule has 2 aliphatic heterocycles. The van der Waals surface area contributed by atoms with E-state index in [1.54, 1.807) is 0 Å². The van der Waals surface area contributed by atoms with Crippen LogP contribution in [0.3, 0.4) is 0 Å². The number of hydroxylamine groups is 1. The van der Waals surface area contributed by atoms with Gasteiger partial charge in [-0.25, -0.2) is 5.06 Å². The van der Waals surface area contributed by atoms with Crippen LogP contribution in [0.15, 0.2) is 35.8 Å². The molecule has 0 saturated carbocycles. The smallest absolute Gasteiger partial charge is 0.258 e. The average molecular weight is 381 g/mol. The number of aliphatic hydroxyl groups is 6. The molecule has 146 valence electrons. The molecule has 0 radical (unpaired) electrons. The molecule has 1 aromatic carbocycles. The lowest BCUT2D eigenvalue weighted by Gasteiger charge is -2.44. The Morgan fingerprint density at radius 2 is 1.81 bits per heavy atom. The normalized spacial score (nSPS) is 39.6. The van der Waals surface area contributed by atoms with Gasteiger partial charge in [0.05, 0.1) is 12.8 Å². The van der Waals surface area contributed by atoms with Gasteiger partial charge in [-0.05, 0) is 19.1 Å². The molecular weight excluding hydrogens is 362 g/mol.